The van der Waals surface area contributed by atoms with E-state index in [0.717, 1.165) is 48.3 Å². The number of nitrogens with one attached hydrogen (secondary N) is 1. The highest BCUT2D eigenvalue weighted by atomic mass is 79.9. The molecule has 0 bridgehead atoms. The maximum Gasteiger partial charge on any atom is 0.0469 e. The Morgan fingerprint density at radius 2 is 1.67 bits per heavy atom. The van der Waals surface area contributed by atoms with Crippen LogP contribution in [0.3, 0.4) is 0 Å². The predicted octanol–water partition coefficient (Wildman–Crippen LogP) is 3.58. The zero-order valence-electron chi connectivity index (χ0n) is 12.2. The van der Waals surface area contributed by atoms with Crippen LogP contribution in [0.4, 0.5) is 0 Å². The monoisotopic (exact) mass is 416 g/mol. The van der Waals surface area contributed by atoms with Crippen LogP contribution in [0, 0.1) is 5.92 Å². The van der Waals surface area contributed by atoms with Crippen LogP contribution in [-0.2, 0) is 4.74 Å². The molecule has 1 aromatic carbocycles. The summed E-state index contributed by atoms with van der Waals surface area (Å²) in [4.78, 5) is 2.65. The molecule has 0 amide bonds. The molecule has 5 heteroatoms. The summed E-state index contributed by atoms with van der Waals surface area (Å²) >= 11 is 7.29. The quantitative estimate of drug-likeness (QED) is 0.813. The fourth-order valence-corrected chi connectivity index (χ4v) is 4.85. The average molecular weight is 418 g/mol. The maximum atomic E-state index is 5.57. The Morgan fingerprint density at radius 1 is 1.05 bits per heavy atom. The largest absolute Gasteiger partial charge is 0.381 e. The SMILES string of the molecule is Brc1cc(Br)cc([C@H](C2CCOCC2)N2CCNCC2)c1. The van der Waals surface area contributed by atoms with Crippen LogP contribution in [0.25, 0.3) is 0 Å². The fraction of sp³-hybridized carbons (Fsp3) is 0.625. The number of nitrogens with zero attached hydrogens (tertiary/aromatic N) is 1. The maximum absolute atomic E-state index is 5.57. The normalized spacial score (nSPS) is 23.1. The second-order valence-corrected chi connectivity index (χ2v) is 7.71. The van der Waals surface area contributed by atoms with E-state index in [1.54, 1.807) is 0 Å². The van der Waals surface area contributed by atoms with Gasteiger partial charge in [0.05, 0.1) is 0 Å². The van der Waals surface area contributed by atoms with E-state index in [-0.39, 0.29) is 0 Å². The summed E-state index contributed by atoms with van der Waals surface area (Å²) in [5.41, 5.74) is 1.42. The Kier molecular flexibility index (Phi) is 5.73. The number of hydrogen-bond donors (Lipinski definition) is 1. The first kappa shape index (κ1) is 15.9. The van der Waals surface area contributed by atoms with Crippen molar-refractivity contribution < 1.29 is 4.74 Å². The van der Waals surface area contributed by atoms with Gasteiger partial charge in [0, 0.05) is 54.4 Å². The third-order valence-electron chi connectivity index (χ3n) is 4.48. The smallest absolute Gasteiger partial charge is 0.0469 e. The molecule has 0 saturated carbocycles. The molecule has 0 aliphatic carbocycles. The Labute approximate surface area is 143 Å². The van der Waals surface area contributed by atoms with Crippen LogP contribution in [0.5, 0.6) is 0 Å². The van der Waals surface area contributed by atoms with Crippen molar-refractivity contribution in [2.75, 3.05) is 39.4 Å². The van der Waals surface area contributed by atoms with Crippen molar-refractivity contribution in [2.24, 2.45) is 5.92 Å². The van der Waals surface area contributed by atoms with Gasteiger partial charge < -0.3 is 10.1 Å². The Bertz CT molecular complexity index is 433. The van der Waals surface area contributed by atoms with Gasteiger partial charge in [0.1, 0.15) is 0 Å². The molecular weight excluding hydrogens is 396 g/mol. The number of rotatable bonds is 3. The van der Waals surface area contributed by atoms with Gasteiger partial charge in [0.15, 0.2) is 0 Å². The van der Waals surface area contributed by atoms with Crippen molar-refractivity contribution in [1.82, 2.24) is 10.2 Å². The second kappa shape index (κ2) is 7.55. The van der Waals surface area contributed by atoms with Crippen molar-refractivity contribution in [1.29, 1.82) is 0 Å². The summed E-state index contributed by atoms with van der Waals surface area (Å²) in [5.74, 6) is 0.693. The molecule has 2 fully saturated rings. The summed E-state index contributed by atoms with van der Waals surface area (Å²) < 4.78 is 7.87. The number of ether oxygens (including phenoxy) is 1. The third kappa shape index (κ3) is 4.08. The minimum Gasteiger partial charge on any atom is -0.381 e. The molecule has 1 atom stereocenters. The van der Waals surface area contributed by atoms with Gasteiger partial charge in [0.2, 0.25) is 0 Å². The highest BCUT2D eigenvalue weighted by Crippen LogP contribution is 2.37. The Balaban J connectivity index is 1.89. The number of benzene rings is 1. The molecule has 3 rings (SSSR count). The standard InChI is InChI=1S/C16H22Br2N2O/c17-14-9-13(10-15(18)11-14)16(12-1-7-21-8-2-12)20-5-3-19-4-6-20/h9-12,16,19H,1-8H2/t16-/m0/s1. The molecule has 0 aromatic heterocycles. The lowest BCUT2D eigenvalue weighted by atomic mass is 9.85. The Hall–Kier alpha value is 0.0600. The van der Waals surface area contributed by atoms with Crippen molar-refractivity contribution in [3.8, 4) is 0 Å². The van der Waals surface area contributed by atoms with Gasteiger partial charge in [-0.2, -0.15) is 0 Å². The molecule has 0 radical (unpaired) electrons. The highest BCUT2D eigenvalue weighted by Gasteiger charge is 2.31. The van der Waals surface area contributed by atoms with Crippen molar-refractivity contribution in [3.63, 3.8) is 0 Å². The van der Waals surface area contributed by atoms with E-state index in [4.69, 9.17) is 4.74 Å². The van der Waals surface area contributed by atoms with Gasteiger partial charge in [-0.3, -0.25) is 4.90 Å². The zero-order valence-corrected chi connectivity index (χ0v) is 15.3. The zero-order chi connectivity index (χ0) is 14.7. The molecule has 1 aromatic rings. The second-order valence-electron chi connectivity index (χ2n) is 5.88. The lowest BCUT2D eigenvalue weighted by Crippen LogP contribution is -2.47. The van der Waals surface area contributed by atoms with Crippen molar-refractivity contribution in [3.05, 3.63) is 32.7 Å². The van der Waals surface area contributed by atoms with E-state index in [1.165, 1.54) is 18.4 Å². The minimum atomic E-state index is 0.504. The van der Waals surface area contributed by atoms with Crippen LogP contribution in [0.2, 0.25) is 0 Å². The molecule has 0 spiro atoms. The summed E-state index contributed by atoms with van der Waals surface area (Å²) in [5, 5.41) is 3.46. The van der Waals surface area contributed by atoms with E-state index in [1.807, 2.05) is 0 Å². The van der Waals surface area contributed by atoms with E-state index in [2.05, 4.69) is 60.3 Å². The topological polar surface area (TPSA) is 24.5 Å². The van der Waals surface area contributed by atoms with E-state index >= 15 is 0 Å². The summed E-state index contributed by atoms with van der Waals surface area (Å²) in [6.45, 7) is 6.26. The predicted molar refractivity (Wildman–Crippen MR) is 92.6 cm³/mol. The number of halogens is 2. The van der Waals surface area contributed by atoms with Gasteiger partial charge in [-0.15, -0.1) is 0 Å². The summed E-state index contributed by atoms with van der Waals surface area (Å²) in [6, 6.07) is 7.19. The van der Waals surface area contributed by atoms with E-state index in [9.17, 15) is 0 Å². The molecular formula is C16H22Br2N2O. The van der Waals surface area contributed by atoms with Crippen LogP contribution in [0.1, 0.15) is 24.4 Å². The van der Waals surface area contributed by atoms with E-state index in [0.29, 0.717) is 12.0 Å². The lowest BCUT2D eigenvalue weighted by molar-refractivity contribution is 0.0213. The molecule has 0 unspecified atom stereocenters. The number of piperazine rings is 1. The summed E-state index contributed by atoms with van der Waals surface area (Å²) in [7, 11) is 0. The van der Waals surface area contributed by atoms with Crippen molar-refractivity contribution >= 4 is 31.9 Å². The first-order valence-corrected chi connectivity index (χ1v) is 9.31. The molecule has 2 aliphatic rings. The van der Waals surface area contributed by atoms with Crippen LogP contribution in [0.15, 0.2) is 27.1 Å². The van der Waals surface area contributed by atoms with Gasteiger partial charge in [-0.05, 0) is 42.5 Å². The molecule has 2 saturated heterocycles. The van der Waals surface area contributed by atoms with Crippen LogP contribution < -0.4 is 5.32 Å². The third-order valence-corrected chi connectivity index (χ3v) is 5.40. The molecule has 1 N–H and O–H groups in total. The molecule has 3 nitrogen and oxygen atoms in total. The van der Waals surface area contributed by atoms with Gasteiger partial charge in [-0.25, -0.2) is 0 Å². The van der Waals surface area contributed by atoms with Crippen LogP contribution >= 0.6 is 31.9 Å². The van der Waals surface area contributed by atoms with Gasteiger partial charge in [-0.1, -0.05) is 31.9 Å². The van der Waals surface area contributed by atoms with E-state index < -0.39 is 0 Å². The van der Waals surface area contributed by atoms with Gasteiger partial charge in [0.25, 0.3) is 0 Å². The first-order valence-electron chi connectivity index (χ1n) is 7.72. The molecule has 2 heterocycles. The molecule has 21 heavy (non-hydrogen) atoms. The minimum absolute atomic E-state index is 0.504. The number of hydrogen-bond acceptors (Lipinski definition) is 3. The first-order chi connectivity index (χ1) is 10.2. The average Bonchev–Trinajstić information content (AvgIpc) is 2.49. The Morgan fingerprint density at radius 3 is 2.29 bits per heavy atom. The highest BCUT2D eigenvalue weighted by molar-refractivity contribution is 9.11. The van der Waals surface area contributed by atoms with Crippen LogP contribution in [-0.4, -0.2) is 44.3 Å². The van der Waals surface area contributed by atoms with Crippen molar-refractivity contribution in [2.45, 2.75) is 18.9 Å². The summed E-state index contributed by atoms with van der Waals surface area (Å²) in [6.07, 6.45) is 2.33. The fourth-order valence-electron chi connectivity index (χ4n) is 3.52. The lowest BCUT2D eigenvalue weighted by Gasteiger charge is -2.41. The molecule has 2 aliphatic heterocycles. The molecule has 116 valence electrons. The van der Waals surface area contributed by atoms with Gasteiger partial charge >= 0.3 is 0 Å².